The lowest BCUT2D eigenvalue weighted by Gasteiger charge is -2.34. The summed E-state index contributed by atoms with van der Waals surface area (Å²) in [5.74, 6) is 0. The van der Waals surface area contributed by atoms with Crippen LogP contribution in [0.1, 0.15) is 12.0 Å². The zero-order valence-corrected chi connectivity index (χ0v) is 20.3. The largest absolute Gasteiger partial charge is 0.301 e. The Balaban J connectivity index is 0.00000153. The third kappa shape index (κ3) is 6.12. The Morgan fingerprint density at radius 1 is 0.727 bits per heavy atom. The second-order valence-corrected chi connectivity index (χ2v) is 8.22. The maximum absolute atomic E-state index is 4.65. The van der Waals surface area contributed by atoms with Crippen LogP contribution in [-0.4, -0.2) is 73.6 Å². The topological polar surface area (TPSA) is 55.0 Å². The van der Waals surface area contributed by atoms with E-state index in [0.717, 1.165) is 75.2 Å². The molecule has 5 rings (SSSR count). The third-order valence-corrected chi connectivity index (χ3v) is 6.21. The molecule has 1 aliphatic rings. The minimum atomic E-state index is 0. The van der Waals surface area contributed by atoms with Gasteiger partial charge in [-0.3, -0.25) is 9.25 Å². The molecule has 0 unspecified atom stereocenters. The van der Waals surface area contributed by atoms with E-state index in [9.17, 15) is 0 Å². The van der Waals surface area contributed by atoms with Crippen molar-refractivity contribution in [3.8, 4) is 5.69 Å². The maximum Gasteiger partial charge on any atom is 0.123 e. The summed E-state index contributed by atoms with van der Waals surface area (Å²) in [4.78, 5) is 5.18. The first-order valence-electron chi connectivity index (χ1n) is 11.1. The van der Waals surface area contributed by atoms with Gasteiger partial charge in [0.15, 0.2) is 0 Å². The summed E-state index contributed by atoms with van der Waals surface area (Å²) in [5.41, 5.74) is 3.65. The van der Waals surface area contributed by atoms with E-state index in [1.165, 1.54) is 5.56 Å². The molecule has 2 aromatic carbocycles. The fourth-order valence-corrected chi connectivity index (χ4v) is 4.44. The van der Waals surface area contributed by atoms with E-state index in [2.05, 4.69) is 78.3 Å². The first kappa shape index (κ1) is 25.2. The minimum absolute atomic E-state index is 0. The summed E-state index contributed by atoms with van der Waals surface area (Å²) < 4.78 is 4.08. The number of aryl methyl sites for hydroxylation is 1. The summed E-state index contributed by atoms with van der Waals surface area (Å²) in [6, 6.07) is 17.1. The van der Waals surface area contributed by atoms with E-state index in [1.807, 2.05) is 10.8 Å². The lowest BCUT2D eigenvalue weighted by atomic mass is 10.1. The molecule has 176 valence electrons. The van der Waals surface area contributed by atoms with Crippen molar-refractivity contribution >= 4 is 35.7 Å². The van der Waals surface area contributed by atoms with E-state index < -0.39 is 0 Å². The predicted octanol–water partition coefficient (Wildman–Crippen LogP) is 3.71. The van der Waals surface area contributed by atoms with Gasteiger partial charge in [-0.15, -0.1) is 35.0 Å². The number of rotatable bonds is 8. The van der Waals surface area contributed by atoms with E-state index in [1.54, 1.807) is 12.7 Å². The highest BCUT2D eigenvalue weighted by molar-refractivity contribution is 5.86. The van der Waals surface area contributed by atoms with Crippen LogP contribution in [0.5, 0.6) is 0 Å². The molecule has 4 aromatic rings. The molecule has 9 heteroatoms. The van der Waals surface area contributed by atoms with Crippen molar-refractivity contribution in [1.29, 1.82) is 0 Å². The Labute approximate surface area is 207 Å². The highest BCUT2D eigenvalue weighted by atomic mass is 35.5. The Morgan fingerprint density at radius 2 is 1.42 bits per heavy atom. The number of fused-ring (bicyclic) bond motifs is 1. The molecule has 0 N–H and O–H groups in total. The highest BCUT2D eigenvalue weighted by Crippen LogP contribution is 2.22. The van der Waals surface area contributed by atoms with Crippen molar-refractivity contribution in [2.24, 2.45) is 0 Å². The van der Waals surface area contributed by atoms with Crippen molar-refractivity contribution in [2.45, 2.75) is 19.4 Å². The van der Waals surface area contributed by atoms with Crippen molar-refractivity contribution < 1.29 is 0 Å². The molecule has 7 nitrogen and oxygen atoms in total. The highest BCUT2D eigenvalue weighted by Gasteiger charge is 2.16. The van der Waals surface area contributed by atoms with E-state index >= 15 is 0 Å². The van der Waals surface area contributed by atoms with Gasteiger partial charge in [0.1, 0.15) is 12.7 Å². The van der Waals surface area contributed by atoms with Crippen LogP contribution in [0.4, 0.5) is 0 Å². The monoisotopic (exact) mass is 487 g/mol. The summed E-state index contributed by atoms with van der Waals surface area (Å²) >= 11 is 0. The number of benzene rings is 2. The van der Waals surface area contributed by atoms with Crippen LogP contribution >= 0.6 is 24.8 Å². The van der Waals surface area contributed by atoms with Gasteiger partial charge in [-0.1, -0.05) is 42.5 Å². The molecule has 1 saturated heterocycles. The van der Waals surface area contributed by atoms with Gasteiger partial charge in [0.05, 0.1) is 17.4 Å². The van der Waals surface area contributed by atoms with Crippen molar-refractivity contribution in [3.05, 3.63) is 72.9 Å². The average Bonchev–Trinajstić information content (AvgIpc) is 3.50. The van der Waals surface area contributed by atoms with Crippen LogP contribution in [0.15, 0.2) is 67.4 Å². The fourth-order valence-electron chi connectivity index (χ4n) is 4.44. The molecule has 0 atom stereocenters. The molecule has 3 heterocycles. The number of hydrogen-bond acceptors (Lipinski definition) is 5. The molecule has 0 aliphatic carbocycles. The summed E-state index contributed by atoms with van der Waals surface area (Å²) in [5, 5.41) is 13.7. The molecule has 0 radical (unpaired) electrons. The molecule has 0 spiro atoms. The van der Waals surface area contributed by atoms with Crippen molar-refractivity contribution in [2.75, 3.05) is 39.3 Å². The lowest BCUT2D eigenvalue weighted by Crippen LogP contribution is -2.47. The predicted molar refractivity (Wildman–Crippen MR) is 137 cm³/mol. The van der Waals surface area contributed by atoms with Crippen molar-refractivity contribution in [1.82, 2.24) is 34.3 Å². The maximum atomic E-state index is 4.65. The third-order valence-electron chi connectivity index (χ3n) is 6.21. The number of nitrogens with zero attached hydrogens (tertiary/aromatic N) is 7. The number of para-hydroxylation sites is 1. The number of aromatic nitrogens is 5. The molecule has 33 heavy (non-hydrogen) atoms. The molecule has 1 aliphatic heterocycles. The smallest absolute Gasteiger partial charge is 0.123 e. The first-order valence-corrected chi connectivity index (χ1v) is 11.1. The Kier molecular flexibility index (Phi) is 9.26. The molecule has 0 bridgehead atoms. The molecular weight excluding hydrogens is 457 g/mol. The van der Waals surface area contributed by atoms with Crippen LogP contribution in [0.2, 0.25) is 0 Å². The molecule has 0 saturated carbocycles. The lowest BCUT2D eigenvalue weighted by molar-refractivity contribution is 0.131. The van der Waals surface area contributed by atoms with Gasteiger partial charge in [0.2, 0.25) is 0 Å². The summed E-state index contributed by atoms with van der Waals surface area (Å²) in [6.07, 6.45) is 7.67. The molecular formula is C24H31Cl2N7. The zero-order chi connectivity index (χ0) is 20.9. The summed E-state index contributed by atoms with van der Waals surface area (Å²) in [6.45, 7) is 7.81. The number of piperazine rings is 1. The SMILES string of the molecule is Cl.Cl.c1ccc(CCN2CCN(CCCn3ncc4cccc(-n5cnnc5)c43)CC2)cc1. The van der Waals surface area contributed by atoms with Crippen molar-refractivity contribution in [3.63, 3.8) is 0 Å². The van der Waals surface area contributed by atoms with Crippen LogP contribution in [-0.2, 0) is 13.0 Å². The average molecular weight is 488 g/mol. The van der Waals surface area contributed by atoms with E-state index in [0.29, 0.717) is 0 Å². The minimum Gasteiger partial charge on any atom is -0.301 e. The van der Waals surface area contributed by atoms with E-state index in [-0.39, 0.29) is 24.8 Å². The number of hydrogen-bond donors (Lipinski definition) is 0. The second kappa shape index (κ2) is 12.1. The van der Waals surface area contributed by atoms with E-state index in [4.69, 9.17) is 0 Å². The normalized spacial score (nSPS) is 14.7. The zero-order valence-electron chi connectivity index (χ0n) is 18.7. The molecule has 1 fully saturated rings. The second-order valence-electron chi connectivity index (χ2n) is 8.22. The molecule has 0 amide bonds. The van der Waals surface area contributed by atoms with Gasteiger partial charge in [-0.05, 0) is 31.0 Å². The van der Waals surface area contributed by atoms with Crippen LogP contribution in [0.25, 0.3) is 16.6 Å². The van der Waals surface area contributed by atoms with Gasteiger partial charge in [0.25, 0.3) is 0 Å². The first-order chi connectivity index (χ1) is 15.4. The van der Waals surface area contributed by atoms with Crippen LogP contribution < -0.4 is 0 Å². The number of halogens is 2. The molecule has 2 aromatic heterocycles. The van der Waals surface area contributed by atoms with Gasteiger partial charge in [-0.2, -0.15) is 5.10 Å². The fraction of sp³-hybridized carbons (Fsp3) is 0.375. The Morgan fingerprint density at radius 3 is 2.15 bits per heavy atom. The standard InChI is InChI=1S/C24H29N7.2ClH/c1-2-6-21(7-3-1)10-13-29-16-14-28(15-17-29)11-5-12-31-24-22(18-27-31)8-4-9-23(24)30-19-25-26-20-30;;/h1-4,6-9,18-20H,5,10-17H2;2*1H. The van der Waals surface area contributed by atoms with Gasteiger partial charge in [0, 0.05) is 44.7 Å². The van der Waals surface area contributed by atoms with Crippen LogP contribution in [0.3, 0.4) is 0 Å². The Bertz CT molecular complexity index is 1090. The quantitative estimate of drug-likeness (QED) is 0.379. The van der Waals surface area contributed by atoms with Crippen LogP contribution in [0, 0.1) is 0 Å². The summed E-state index contributed by atoms with van der Waals surface area (Å²) in [7, 11) is 0. The van der Waals surface area contributed by atoms with Gasteiger partial charge in [-0.25, -0.2) is 0 Å². The Hall–Kier alpha value is -2.45. The van der Waals surface area contributed by atoms with Gasteiger partial charge >= 0.3 is 0 Å². The van der Waals surface area contributed by atoms with Gasteiger partial charge < -0.3 is 9.80 Å².